The molecule has 0 bridgehead atoms. The number of benzene rings is 1. The van der Waals surface area contributed by atoms with Crippen molar-refractivity contribution in [1.29, 1.82) is 0 Å². The molecule has 0 aliphatic carbocycles. The number of nitrogens with zero attached hydrogens (tertiary/aromatic N) is 1. The Labute approximate surface area is 146 Å². The van der Waals surface area contributed by atoms with Gasteiger partial charge in [0.2, 0.25) is 10.0 Å². The number of hydrogen-bond acceptors (Lipinski definition) is 4. The molecular weight excluding hydrogens is 324 g/mol. The highest BCUT2D eigenvalue weighted by atomic mass is 32.2. The van der Waals surface area contributed by atoms with Gasteiger partial charge >= 0.3 is 0 Å². The molecule has 1 aromatic carbocycles. The van der Waals surface area contributed by atoms with E-state index >= 15 is 0 Å². The van der Waals surface area contributed by atoms with Crippen LogP contribution in [-0.4, -0.2) is 58.0 Å². The minimum Gasteiger partial charge on any atom is -0.379 e. The SMILES string of the molecule is CC(C)C(CNS(=O)(=O)CCCc1ccccc1)N1CCOCC1. The van der Waals surface area contributed by atoms with E-state index in [1.165, 1.54) is 5.56 Å². The summed E-state index contributed by atoms with van der Waals surface area (Å²) in [7, 11) is -3.23. The number of aryl methyl sites for hydroxylation is 1. The van der Waals surface area contributed by atoms with Crippen molar-refractivity contribution in [1.82, 2.24) is 9.62 Å². The highest BCUT2D eigenvalue weighted by Crippen LogP contribution is 2.13. The lowest BCUT2D eigenvalue weighted by Crippen LogP contribution is -2.51. The fourth-order valence-electron chi connectivity index (χ4n) is 3.09. The first kappa shape index (κ1) is 19.4. The van der Waals surface area contributed by atoms with E-state index in [4.69, 9.17) is 4.74 Å². The van der Waals surface area contributed by atoms with E-state index in [1.54, 1.807) is 0 Å². The van der Waals surface area contributed by atoms with Crippen molar-refractivity contribution in [2.24, 2.45) is 5.92 Å². The Kier molecular flexibility index (Phi) is 7.68. The molecule has 1 aromatic rings. The second-order valence-electron chi connectivity index (χ2n) is 6.72. The lowest BCUT2D eigenvalue weighted by atomic mass is 10.0. The van der Waals surface area contributed by atoms with Crippen LogP contribution in [0.15, 0.2) is 30.3 Å². The summed E-state index contributed by atoms with van der Waals surface area (Å²) in [4.78, 5) is 2.33. The number of nitrogens with one attached hydrogen (secondary N) is 1. The maximum atomic E-state index is 12.3. The van der Waals surface area contributed by atoms with Gasteiger partial charge in [0.15, 0.2) is 0 Å². The first-order valence-corrected chi connectivity index (χ1v) is 10.5. The van der Waals surface area contributed by atoms with Crippen LogP contribution in [0.4, 0.5) is 0 Å². The fourth-order valence-corrected chi connectivity index (χ4v) is 4.18. The summed E-state index contributed by atoms with van der Waals surface area (Å²) < 4.78 is 32.8. The molecule has 0 radical (unpaired) electrons. The molecule has 5 nitrogen and oxygen atoms in total. The maximum Gasteiger partial charge on any atom is 0.211 e. The van der Waals surface area contributed by atoms with Crippen molar-refractivity contribution in [2.75, 3.05) is 38.6 Å². The van der Waals surface area contributed by atoms with Gasteiger partial charge in [-0.2, -0.15) is 0 Å². The minimum absolute atomic E-state index is 0.176. The molecule has 1 saturated heterocycles. The van der Waals surface area contributed by atoms with Crippen LogP contribution in [-0.2, 0) is 21.2 Å². The summed E-state index contributed by atoms with van der Waals surface area (Å²) in [6.45, 7) is 7.97. The molecule has 1 aliphatic rings. The fraction of sp³-hybridized carbons (Fsp3) is 0.667. The average Bonchev–Trinajstić information content (AvgIpc) is 2.56. The van der Waals surface area contributed by atoms with E-state index in [0.29, 0.717) is 18.9 Å². The molecule has 1 heterocycles. The van der Waals surface area contributed by atoms with Gasteiger partial charge in [0.25, 0.3) is 0 Å². The van der Waals surface area contributed by atoms with Gasteiger partial charge in [-0.05, 0) is 24.3 Å². The quantitative estimate of drug-likeness (QED) is 0.736. The third-order valence-electron chi connectivity index (χ3n) is 4.52. The molecule has 1 N–H and O–H groups in total. The van der Waals surface area contributed by atoms with Gasteiger partial charge in [0.05, 0.1) is 19.0 Å². The first-order chi connectivity index (χ1) is 11.5. The van der Waals surface area contributed by atoms with E-state index in [-0.39, 0.29) is 11.8 Å². The van der Waals surface area contributed by atoms with E-state index in [9.17, 15) is 8.42 Å². The Morgan fingerprint density at radius 2 is 1.83 bits per heavy atom. The molecule has 0 amide bonds. The predicted molar refractivity (Wildman–Crippen MR) is 97.6 cm³/mol. The van der Waals surface area contributed by atoms with E-state index in [0.717, 1.165) is 32.7 Å². The Hall–Kier alpha value is -0.950. The van der Waals surface area contributed by atoms with Gasteiger partial charge in [0.1, 0.15) is 0 Å². The van der Waals surface area contributed by atoms with Crippen LogP contribution in [0.1, 0.15) is 25.8 Å². The Balaban J connectivity index is 1.79. The third kappa shape index (κ3) is 6.51. The standard InChI is InChI=1S/C18H30N2O3S/c1-16(2)18(20-10-12-23-13-11-20)15-19-24(21,22)14-6-9-17-7-4-3-5-8-17/h3-5,7-8,16,18-19H,6,9-15H2,1-2H3. The molecule has 136 valence electrons. The zero-order valence-corrected chi connectivity index (χ0v) is 15.6. The zero-order valence-electron chi connectivity index (χ0n) is 14.8. The van der Waals surface area contributed by atoms with Crippen LogP contribution in [0.2, 0.25) is 0 Å². The molecule has 0 saturated carbocycles. The highest BCUT2D eigenvalue weighted by molar-refractivity contribution is 7.89. The molecule has 0 aromatic heterocycles. The van der Waals surface area contributed by atoms with E-state index in [2.05, 4.69) is 23.5 Å². The van der Waals surface area contributed by atoms with Crippen molar-refractivity contribution in [3.8, 4) is 0 Å². The number of hydrogen-bond donors (Lipinski definition) is 1. The summed E-state index contributed by atoms with van der Waals surface area (Å²) in [6.07, 6.45) is 1.43. The van der Waals surface area contributed by atoms with Crippen LogP contribution in [0.3, 0.4) is 0 Å². The molecule has 1 atom stereocenters. The maximum absolute atomic E-state index is 12.3. The lowest BCUT2D eigenvalue weighted by molar-refractivity contribution is 0.00776. The lowest BCUT2D eigenvalue weighted by Gasteiger charge is -2.36. The molecule has 0 spiro atoms. The van der Waals surface area contributed by atoms with E-state index < -0.39 is 10.0 Å². The summed E-state index contributed by atoms with van der Waals surface area (Å²) in [6, 6.07) is 10.2. The Bertz CT molecular complexity index is 569. The van der Waals surface area contributed by atoms with Crippen LogP contribution in [0.5, 0.6) is 0 Å². The summed E-state index contributed by atoms with van der Waals surface area (Å²) in [5.41, 5.74) is 1.18. The Morgan fingerprint density at radius 1 is 1.17 bits per heavy atom. The van der Waals surface area contributed by atoms with Crippen molar-refractivity contribution < 1.29 is 13.2 Å². The Morgan fingerprint density at radius 3 is 2.46 bits per heavy atom. The highest BCUT2D eigenvalue weighted by Gasteiger charge is 2.25. The average molecular weight is 355 g/mol. The number of morpholine rings is 1. The summed E-state index contributed by atoms with van der Waals surface area (Å²) >= 11 is 0. The summed E-state index contributed by atoms with van der Waals surface area (Å²) in [5, 5.41) is 0. The second-order valence-corrected chi connectivity index (χ2v) is 8.64. The van der Waals surface area contributed by atoms with Crippen LogP contribution in [0.25, 0.3) is 0 Å². The normalized spacial score (nSPS) is 18.0. The van der Waals surface area contributed by atoms with Crippen molar-refractivity contribution in [3.05, 3.63) is 35.9 Å². The van der Waals surface area contributed by atoms with Crippen molar-refractivity contribution in [2.45, 2.75) is 32.7 Å². The van der Waals surface area contributed by atoms with Crippen molar-refractivity contribution in [3.63, 3.8) is 0 Å². The monoisotopic (exact) mass is 354 g/mol. The molecule has 24 heavy (non-hydrogen) atoms. The second kappa shape index (κ2) is 9.51. The number of ether oxygens (including phenoxy) is 1. The molecule has 6 heteroatoms. The molecule has 2 rings (SSSR count). The number of rotatable bonds is 9. The van der Waals surface area contributed by atoms with Gasteiger partial charge in [-0.25, -0.2) is 13.1 Å². The molecule has 1 fully saturated rings. The number of sulfonamides is 1. The van der Waals surface area contributed by atoms with Crippen LogP contribution >= 0.6 is 0 Å². The zero-order chi connectivity index (χ0) is 17.4. The van der Waals surface area contributed by atoms with Crippen LogP contribution < -0.4 is 4.72 Å². The van der Waals surface area contributed by atoms with E-state index in [1.807, 2.05) is 30.3 Å². The minimum atomic E-state index is -3.23. The van der Waals surface area contributed by atoms with Crippen LogP contribution in [0, 0.1) is 5.92 Å². The predicted octanol–water partition coefficient (Wildman–Crippen LogP) is 1.90. The first-order valence-electron chi connectivity index (χ1n) is 8.81. The van der Waals surface area contributed by atoms with Gasteiger partial charge in [-0.15, -0.1) is 0 Å². The largest absolute Gasteiger partial charge is 0.379 e. The van der Waals surface area contributed by atoms with Gasteiger partial charge in [0, 0.05) is 25.7 Å². The summed E-state index contributed by atoms with van der Waals surface area (Å²) in [5.74, 6) is 0.575. The van der Waals surface area contributed by atoms with Gasteiger partial charge in [-0.1, -0.05) is 44.2 Å². The van der Waals surface area contributed by atoms with Crippen molar-refractivity contribution >= 4 is 10.0 Å². The topological polar surface area (TPSA) is 58.6 Å². The molecular formula is C18H30N2O3S. The third-order valence-corrected chi connectivity index (χ3v) is 5.95. The molecule has 1 unspecified atom stereocenters. The molecule has 1 aliphatic heterocycles. The van der Waals surface area contributed by atoms with Gasteiger partial charge in [-0.3, -0.25) is 4.90 Å². The smallest absolute Gasteiger partial charge is 0.211 e. The van der Waals surface area contributed by atoms with Gasteiger partial charge < -0.3 is 4.74 Å².